The fourth-order valence-corrected chi connectivity index (χ4v) is 4.59. The summed E-state index contributed by atoms with van der Waals surface area (Å²) in [6.45, 7) is 5.51. The summed E-state index contributed by atoms with van der Waals surface area (Å²) in [6, 6.07) is 0. The van der Waals surface area contributed by atoms with Gasteiger partial charge in [-0.05, 0) is 56.3 Å². The molecule has 0 unspecified atom stereocenters. The molecule has 31 heavy (non-hydrogen) atoms. The summed E-state index contributed by atoms with van der Waals surface area (Å²) in [5, 5.41) is 19.6. The van der Waals surface area contributed by atoms with E-state index < -0.39 is 11.8 Å². The molecule has 3 atom stereocenters. The fraction of sp³-hybridized carbons (Fsp3) is 0.815. The van der Waals surface area contributed by atoms with E-state index in [-0.39, 0.29) is 13.0 Å². The molecular formula is C27H48O4. The average molecular weight is 437 g/mol. The van der Waals surface area contributed by atoms with Crippen LogP contribution < -0.4 is 0 Å². The highest BCUT2D eigenvalue weighted by atomic mass is 16.6. The second-order valence-corrected chi connectivity index (χ2v) is 9.50. The Bertz CT molecular complexity index is 523. The minimum absolute atomic E-state index is 0.205. The minimum Gasteiger partial charge on any atom is -0.460 e. The first kappa shape index (κ1) is 27.9. The van der Waals surface area contributed by atoms with Crippen LogP contribution in [-0.4, -0.2) is 28.6 Å². The van der Waals surface area contributed by atoms with Gasteiger partial charge in [-0.3, -0.25) is 4.79 Å². The van der Waals surface area contributed by atoms with Crippen molar-refractivity contribution in [1.82, 2.24) is 0 Å². The highest BCUT2D eigenvalue weighted by Crippen LogP contribution is 2.35. The third kappa shape index (κ3) is 13.8. The maximum absolute atomic E-state index is 10.8. The predicted octanol–water partition coefficient (Wildman–Crippen LogP) is 6.71. The van der Waals surface area contributed by atoms with Crippen LogP contribution in [0.5, 0.6) is 0 Å². The molecule has 0 spiro atoms. The van der Waals surface area contributed by atoms with E-state index in [4.69, 9.17) is 0 Å². The lowest BCUT2D eigenvalue weighted by Gasteiger charge is -2.20. The number of aliphatic hydroxyl groups is 2. The molecular weight excluding hydrogens is 388 g/mol. The molecule has 1 aliphatic rings. The first-order valence-electron chi connectivity index (χ1n) is 12.8. The molecule has 2 N–H and O–H groups in total. The molecule has 1 aliphatic carbocycles. The number of ether oxygens (including phenoxy) is 1. The van der Waals surface area contributed by atoms with Crippen LogP contribution in [0.25, 0.3) is 0 Å². The Morgan fingerprint density at radius 1 is 1.10 bits per heavy atom. The Morgan fingerprint density at radius 2 is 1.90 bits per heavy atom. The zero-order valence-corrected chi connectivity index (χ0v) is 20.4. The summed E-state index contributed by atoms with van der Waals surface area (Å²) in [4.78, 5) is 10.8. The van der Waals surface area contributed by atoms with Gasteiger partial charge in [0.1, 0.15) is 6.61 Å². The second-order valence-electron chi connectivity index (χ2n) is 9.50. The van der Waals surface area contributed by atoms with Crippen molar-refractivity contribution in [3.8, 4) is 0 Å². The van der Waals surface area contributed by atoms with Gasteiger partial charge in [-0.1, -0.05) is 83.1 Å². The first-order chi connectivity index (χ1) is 14.9. The molecule has 0 bridgehead atoms. The lowest BCUT2D eigenvalue weighted by molar-refractivity contribution is -0.204. The standard InChI is InChI=1S/C27H48O4/c1-4-6-7-10-15-24(5-2)16-13-18-26-20-14-19-25(26)17-11-8-9-12-21-27(29,30)22-31-23(3)28/h8,11,13,18,24-26,29-30H,4-7,9-10,12,14-17,19-22H2,1-3H3/b11-8-,18-13+/t24-,25-,26-/m0/s1. The average Bonchev–Trinajstić information content (AvgIpc) is 3.18. The van der Waals surface area contributed by atoms with Crippen molar-refractivity contribution in [2.75, 3.05) is 6.61 Å². The fourth-order valence-electron chi connectivity index (χ4n) is 4.59. The molecule has 0 heterocycles. The van der Waals surface area contributed by atoms with Crippen LogP contribution in [0, 0.1) is 17.8 Å². The largest absolute Gasteiger partial charge is 0.460 e. The normalized spacial score (nSPS) is 20.7. The van der Waals surface area contributed by atoms with Gasteiger partial charge in [-0.25, -0.2) is 0 Å². The number of esters is 1. The topological polar surface area (TPSA) is 66.8 Å². The number of hydrogen-bond acceptors (Lipinski definition) is 4. The molecule has 0 aromatic carbocycles. The highest BCUT2D eigenvalue weighted by molar-refractivity contribution is 5.65. The molecule has 4 heteroatoms. The lowest BCUT2D eigenvalue weighted by Crippen LogP contribution is -2.34. The molecule has 0 radical (unpaired) electrons. The minimum atomic E-state index is -1.92. The van der Waals surface area contributed by atoms with Gasteiger partial charge < -0.3 is 14.9 Å². The summed E-state index contributed by atoms with van der Waals surface area (Å²) in [7, 11) is 0. The van der Waals surface area contributed by atoms with Crippen molar-refractivity contribution in [1.29, 1.82) is 0 Å². The molecule has 4 nitrogen and oxygen atoms in total. The van der Waals surface area contributed by atoms with Crippen LogP contribution in [-0.2, 0) is 9.53 Å². The quantitative estimate of drug-likeness (QED) is 0.115. The number of unbranched alkanes of at least 4 members (excludes halogenated alkanes) is 4. The molecule has 0 aliphatic heterocycles. The number of allylic oxidation sites excluding steroid dienone is 4. The van der Waals surface area contributed by atoms with Crippen molar-refractivity contribution in [3.63, 3.8) is 0 Å². The van der Waals surface area contributed by atoms with Crippen LogP contribution in [0.4, 0.5) is 0 Å². The van der Waals surface area contributed by atoms with E-state index in [1.54, 1.807) is 0 Å². The summed E-state index contributed by atoms with van der Waals surface area (Å²) < 4.78 is 4.68. The predicted molar refractivity (Wildman–Crippen MR) is 129 cm³/mol. The van der Waals surface area contributed by atoms with Crippen LogP contribution in [0.15, 0.2) is 24.3 Å². The second kappa shape index (κ2) is 16.5. The number of rotatable bonds is 17. The maximum Gasteiger partial charge on any atom is 0.302 e. The zero-order valence-electron chi connectivity index (χ0n) is 20.4. The van der Waals surface area contributed by atoms with Crippen molar-refractivity contribution in [3.05, 3.63) is 24.3 Å². The molecule has 1 saturated carbocycles. The SMILES string of the molecule is CCCCCC[C@H](CC)C/C=C/[C@H]1CCC[C@@H]1C/C=C\CCCC(O)(O)COC(C)=O. The Labute approximate surface area is 191 Å². The van der Waals surface area contributed by atoms with Crippen LogP contribution >= 0.6 is 0 Å². The third-order valence-electron chi connectivity index (χ3n) is 6.67. The molecule has 1 fully saturated rings. The molecule has 0 saturated heterocycles. The summed E-state index contributed by atoms with van der Waals surface area (Å²) >= 11 is 0. The van der Waals surface area contributed by atoms with Gasteiger partial charge in [0.2, 0.25) is 0 Å². The smallest absolute Gasteiger partial charge is 0.302 e. The summed E-state index contributed by atoms with van der Waals surface area (Å²) in [5.74, 6) is -0.110. The third-order valence-corrected chi connectivity index (χ3v) is 6.67. The maximum atomic E-state index is 10.8. The van der Waals surface area contributed by atoms with Crippen LogP contribution in [0.2, 0.25) is 0 Å². The van der Waals surface area contributed by atoms with E-state index in [1.807, 2.05) is 0 Å². The van der Waals surface area contributed by atoms with Gasteiger partial charge in [-0.2, -0.15) is 0 Å². The van der Waals surface area contributed by atoms with E-state index in [0.29, 0.717) is 12.3 Å². The highest BCUT2D eigenvalue weighted by Gasteiger charge is 2.25. The molecule has 0 aromatic rings. The Kier molecular flexibility index (Phi) is 14.8. The zero-order chi connectivity index (χ0) is 23.0. The number of hydrogen-bond donors (Lipinski definition) is 2. The lowest BCUT2D eigenvalue weighted by atomic mass is 9.90. The molecule has 1 rings (SSSR count). The molecule has 0 amide bonds. The monoisotopic (exact) mass is 436 g/mol. The Balaban J connectivity index is 2.26. The van der Waals surface area contributed by atoms with Gasteiger partial charge in [-0.15, -0.1) is 0 Å². The van der Waals surface area contributed by atoms with Crippen LogP contribution in [0.1, 0.15) is 111 Å². The van der Waals surface area contributed by atoms with E-state index >= 15 is 0 Å². The van der Waals surface area contributed by atoms with Crippen molar-refractivity contribution in [2.45, 2.75) is 116 Å². The van der Waals surface area contributed by atoms with E-state index in [2.05, 4.69) is 42.9 Å². The Hall–Kier alpha value is -1.13. The van der Waals surface area contributed by atoms with Crippen LogP contribution in [0.3, 0.4) is 0 Å². The Morgan fingerprint density at radius 3 is 2.61 bits per heavy atom. The molecule has 180 valence electrons. The van der Waals surface area contributed by atoms with Crippen molar-refractivity contribution >= 4 is 5.97 Å². The van der Waals surface area contributed by atoms with Gasteiger partial charge in [0.25, 0.3) is 0 Å². The number of carbonyl (C=O) groups excluding carboxylic acids is 1. The van der Waals surface area contributed by atoms with Gasteiger partial charge in [0.15, 0.2) is 5.79 Å². The van der Waals surface area contributed by atoms with Gasteiger partial charge in [0, 0.05) is 13.3 Å². The summed E-state index contributed by atoms with van der Waals surface area (Å²) in [5.41, 5.74) is 0. The van der Waals surface area contributed by atoms with Gasteiger partial charge >= 0.3 is 5.97 Å². The summed E-state index contributed by atoms with van der Waals surface area (Å²) in [6.07, 6.45) is 25.5. The van der Waals surface area contributed by atoms with Crippen molar-refractivity contribution < 1.29 is 19.7 Å². The van der Waals surface area contributed by atoms with E-state index in [0.717, 1.165) is 24.7 Å². The van der Waals surface area contributed by atoms with E-state index in [9.17, 15) is 15.0 Å². The van der Waals surface area contributed by atoms with E-state index in [1.165, 1.54) is 71.1 Å². The molecule has 0 aromatic heterocycles. The number of carbonyl (C=O) groups is 1. The van der Waals surface area contributed by atoms with Gasteiger partial charge in [0.05, 0.1) is 0 Å². The van der Waals surface area contributed by atoms with Crippen molar-refractivity contribution in [2.24, 2.45) is 17.8 Å². The first-order valence-corrected chi connectivity index (χ1v) is 12.8.